The van der Waals surface area contributed by atoms with Crippen LogP contribution in [-0.4, -0.2) is 40.0 Å². The number of amides is 1. The molecule has 1 aliphatic heterocycles. The van der Waals surface area contributed by atoms with Crippen molar-refractivity contribution in [1.29, 1.82) is 0 Å². The highest BCUT2D eigenvalue weighted by Crippen LogP contribution is 2.22. The monoisotopic (exact) mass is 297 g/mol. The van der Waals surface area contributed by atoms with Crippen LogP contribution in [0.2, 0.25) is 5.02 Å². The Kier molecular flexibility index (Phi) is 4.48. The fourth-order valence-electron chi connectivity index (χ4n) is 2.20. The number of hydrogen-bond acceptors (Lipinski definition) is 4. The molecule has 0 saturated carbocycles. The normalized spacial score (nSPS) is 19.8. The predicted octanol–water partition coefficient (Wildman–Crippen LogP) is 2.55. The minimum atomic E-state index is -0.362. The Morgan fingerprint density at radius 1 is 1.40 bits per heavy atom. The summed E-state index contributed by atoms with van der Waals surface area (Å²) >= 11 is 5.74. The standard InChI is InChI=1S/C14H20ClN3O2/c1-14(2,3)12(19)18-6-4-5-11(9-18)20-13-16-7-10(15)8-17-13/h7-8,11H,4-6,9H2,1-3H3. The number of halogens is 1. The molecule has 0 aliphatic carbocycles. The summed E-state index contributed by atoms with van der Waals surface area (Å²) in [5.41, 5.74) is -0.362. The van der Waals surface area contributed by atoms with Crippen LogP contribution >= 0.6 is 11.6 Å². The van der Waals surface area contributed by atoms with Crippen molar-refractivity contribution in [2.24, 2.45) is 5.41 Å². The Labute approximate surface area is 124 Å². The van der Waals surface area contributed by atoms with Gasteiger partial charge in [0.25, 0.3) is 0 Å². The van der Waals surface area contributed by atoms with Crippen molar-refractivity contribution in [3.8, 4) is 6.01 Å². The summed E-state index contributed by atoms with van der Waals surface area (Å²) in [6.45, 7) is 7.17. The van der Waals surface area contributed by atoms with Crippen molar-refractivity contribution in [2.45, 2.75) is 39.7 Å². The van der Waals surface area contributed by atoms with Crippen LogP contribution in [0.1, 0.15) is 33.6 Å². The zero-order valence-electron chi connectivity index (χ0n) is 12.1. The molecule has 2 rings (SSSR count). The quantitative estimate of drug-likeness (QED) is 0.842. The lowest BCUT2D eigenvalue weighted by atomic mass is 9.93. The molecule has 1 atom stereocenters. The van der Waals surface area contributed by atoms with Crippen LogP contribution in [0.5, 0.6) is 6.01 Å². The molecule has 1 aliphatic rings. The molecule has 0 bridgehead atoms. The third-order valence-electron chi connectivity index (χ3n) is 3.18. The molecule has 1 fully saturated rings. The van der Waals surface area contributed by atoms with Crippen molar-refractivity contribution in [3.05, 3.63) is 17.4 Å². The van der Waals surface area contributed by atoms with Crippen molar-refractivity contribution in [1.82, 2.24) is 14.9 Å². The Morgan fingerprint density at radius 2 is 2.05 bits per heavy atom. The van der Waals surface area contributed by atoms with E-state index in [1.54, 1.807) is 0 Å². The van der Waals surface area contributed by atoms with E-state index in [1.165, 1.54) is 12.4 Å². The molecule has 110 valence electrons. The SMILES string of the molecule is CC(C)(C)C(=O)N1CCCC(Oc2ncc(Cl)cn2)C1. The van der Waals surface area contributed by atoms with Gasteiger partial charge in [-0.1, -0.05) is 32.4 Å². The maximum atomic E-state index is 12.3. The molecule has 1 saturated heterocycles. The van der Waals surface area contributed by atoms with Gasteiger partial charge in [0, 0.05) is 12.0 Å². The molecule has 0 N–H and O–H groups in total. The molecule has 1 amide bonds. The fraction of sp³-hybridized carbons (Fsp3) is 0.643. The van der Waals surface area contributed by atoms with Crippen LogP contribution in [0.25, 0.3) is 0 Å². The van der Waals surface area contributed by atoms with E-state index in [2.05, 4.69) is 9.97 Å². The highest BCUT2D eigenvalue weighted by molar-refractivity contribution is 6.30. The van der Waals surface area contributed by atoms with Gasteiger partial charge in [-0.25, -0.2) is 9.97 Å². The van der Waals surface area contributed by atoms with Crippen molar-refractivity contribution >= 4 is 17.5 Å². The molecule has 1 aromatic rings. The molecule has 2 heterocycles. The topological polar surface area (TPSA) is 55.3 Å². The van der Waals surface area contributed by atoms with Gasteiger partial charge in [0.05, 0.1) is 24.0 Å². The number of piperidine rings is 1. The number of rotatable bonds is 2. The van der Waals surface area contributed by atoms with Crippen molar-refractivity contribution in [3.63, 3.8) is 0 Å². The minimum Gasteiger partial charge on any atom is -0.458 e. The summed E-state index contributed by atoms with van der Waals surface area (Å²) in [5, 5.41) is 0.477. The summed E-state index contributed by atoms with van der Waals surface area (Å²) < 4.78 is 5.73. The fourth-order valence-corrected chi connectivity index (χ4v) is 2.30. The Morgan fingerprint density at radius 3 is 2.65 bits per heavy atom. The smallest absolute Gasteiger partial charge is 0.316 e. The van der Waals surface area contributed by atoms with Gasteiger partial charge < -0.3 is 9.64 Å². The van der Waals surface area contributed by atoms with Crippen molar-refractivity contribution in [2.75, 3.05) is 13.1 Å². The van der Waals surface area contributed by atoms with Crippen LogP contribution in [0.15, 0.2) is 12.4 Å². The molecular weight excluding hydrogens is 278 g/mol. The number of carbonyl (C=O) groups is 1. The maximum Gasteiger partial charge on any atom is 0.316 e. The van der Waals surface area contributed by atoms with Gasteiger partial charge in [-0.3, -0.25) is 4.79 Å². The Hall–Kier alpha value is -1.36. The molecule has 1 aromatic heterocycles. The largest absolute Gasteiger partial charge is 0.458 e. The van der Waals surface area contributed by atoms with Gasteiger partial charge in [0.15, 0.2) is 0 Å². The summed E-state index contributed by atoms with van der Waals surface area (Å²) in [6.07, 6.45) is 4.78. The van der Waals surface area contributed by atoms with Crippen LogP contribution in [0.4, 0.5) is 0 Å². The van der Waals surface area contributed by atoms with Crippen LogP contribution in [0, 0.1) is 5.41 Å². The first kappa shape index (κ1) is 15.0. The molecule has 6 heteroatoms. The summed E-state index contributed by atoms with van der Waals surface area (Å²) in [4.78, 5) is 22.2. The first-order valence-corrected chi connectivity index (χ1v) is 7.17. The van der Waals surface area contributed by atoms with E-state index in [-0.39, 0.29) is 17.4 Å². The summed E-state index contributed by atoms with van der Waals surface area (Å²) in [5.74, 6) is 0.155. The van der Waals surface area contributed by atoms with Crippen LogP contribution in [0.3, 0.4) is 0 Å². The average Bonchev–Trinajstić information content (AvgIpc) is 2.40. The second-order valence-electron chi connectivity index (χ2n) is 6.07. The third kappa shape index (κ3) is 3.82. The van der Waals surface area contributed by atoms with E-state index >= 15 is 0 Å². The van der Waals surface area contributed by atoms with Gasteiger partial charge in [-0.05, 0) is 12.8 Å². The van der Waals surface area contributed by atoms with E-state index < -0.39 is 0 Å². The molecule has 0 aromatic carbocycles. The summed E-state index contributed by atoms with van der Waals surface area (Å²) in [6, 6.07) is 0.310. The number of aromatic nitrogens is 2. The van der Waals surface area contributed by atoms with Crippen LogP contribution < -0.4 is 4.74 Å². The Balaban J connectivity index is 1.97. The van der Waals surface area contributed by atoms with E-state index in [9.17, 15) is 4.79 Å². The van der Waals surface area contributed by atoms with E-state index in [4.69, 9.17) is 16.3 Å². The molecular formula is C14H20ClN3O2. The van der Waals surface area contributed by atoms with E-state index in [0.717, 1.165) is 19.4 Å². The van der Waals surface area contributed by atoms with E-state index in [0.29, 0.717) is 17.6 Å². The number of carbonyl (C=O) groups excluding carboxylic acids is 1. The lowest BCUT2D eigenvalue weighted by Crippen LogP contribution is -2.48. The molecule has 0 spiro atoms. The highest BCUT2D eigenvalue weighted by atomic mass is 35.5. The van der Waals surface area contributed by atoms with Crippen molar-refractivity contribution < 1.29 is 9.53 Å². The van der Waals surface area contributed by atoms with Gasteiger partial charge in [0.2, 0.25) is 5.91 Å². The minimum absolute atomic E-state index is 0.0591. The maximum absolute atomic E-state index is 12.3. The predicted molar refractivity (Wildman–Crippen MR) is 76.7 cm³/mol. The zero-order chi connectivity index (χ0) is 14.8. The first-order chi connectivity index (χ1) is 9.36. The number of ether oxygens (including phenoxy) is 1. The lowest BCUT2D eigenvalue weighted by Gasteiger charge is -2.36. The zero-order valence-corrected chi connectivity index (χ0v) is 12.9. The van der Waals surface area contributed by atoms with Crippen LogP contribution in [-0.2, 0) is 4.79 Å². The second-order valence-corrected chi connectivity index (χ2v) is 6.50. The van der Waals surface area contributed by atoms with E-state index in [1.807, 2.05) is 25.7 Å². The first-order valence-electron chi connectivity index (χ1n) is 6.80. The Bertz CT molecular complexity index is 470. The lowest BCUT2D eigenvalue weighted by molar-refractivity contribution is -0.142. The molecule has 1 unspecified atom stereocenters. The number of nitrogens with zero attached hydrogens (tertiary/aromatic N) is 3. The molecule has 5 nitrogen and oxygen atoms in total. The average molecular weight is 298 g/mol. The highest BCUT2D eigenvalue weighted by Gasteiger charge is 2.31. The van der Waals surface area contributed by atoms with Gasteiger partial charge in [0.1, 0.15) is 6.10 Å². The van der Waals surface area contributed by atoms with Gasteiger partial charge in [-0.2, -0.15) is 0 Å². The molecule has 0 radical (unpaired) electrons. The third-order valence-corrected chi connectivity index (χ3v) is 3.37. The number of likely N-dealkylation sites (tertiary alicyclic amines) is 1. The summed E-state index contributed by atoms with van der Waals surface area (Å²) in [7, 11) is 0. The van der Waals surface area contributed by atoms with Gasteiger partial charge in [-0.15, -0.1) is 0 Å². The number of hydrogen-bond donors (Lipinski definition) is 0. The second kappa shape index (κ2) is 5.95. The van der Waals surface area contributed by atoms with Gasteiger partial charge >= 0.3 is 6.01 Å². The molecule has 20 heavy (non-hydrogen) atoms.